The third-order valence-corrected chi connectivity index (χ3v) is 3.90. The van der Waals surface area contributed by atoms with Crippen molar-refractivity contribution in [2.45, 2.75) is 50.8 Å². The molecule has 3 nitrogen and oxygen atoms in total. The van der Waals surface area contributed by atoms with Gasteiger partial charge in [-0.15, -0.1) is 6.42 Å². The van der Waals surface area contributed by atoms with Gasteiger partial charge in [-0.1, -0.05) is 30.9 Å². The van der Waals surface area contributed by atoms with E-state index in [-0.39, 0.29) is 18.2 Å². The van der Waals surface area contributed by atoms with Crippen LogP contribution in [0.25, 0.3) is 0 Å². The number of terminal acetylenes is 1. The van der Waals surface area contributed by atoms with Gasteiger partial charge < -0.3 is 15.2 Å². The predicted molar refractivity (Wildman–Crippen MR) is 80.6 cm³/mol. The summed E-state index contributed by atoms with van der Waals surface area (Å²) < 4.78 is 5.36. The molecule has 3 atom stereocenters. The second kappa shape index (κ2) is 7.33. The predicted octanol–water partition coefficient (Wildman–Crippen LogP) is 2.65. The van der Waals surface area contributed by atoms with E-state index in [9.17, 15) is 5.11 Å². The van der Waals surface area contributed by atoms with Gasteiger partial charge in [-0.2, -0.15) is 0 Å². The highest BCUT2D eigenvalue weighted by atomic mass is 16.5. The maximum absolute atomic E-state index is 10.0. The average molecular weight is 273 g/mol. The summed E-state index contributed by atoms with van der Waals surface area (Å²) >= 11 is 0. The first-order valence-electron chi connectivity index (χ1n) is 7.31. The summed E-state index contributed by atoms with van der Waals surface area (Å²) in [6.45, 7) is 2.42. The normalized spacial score (nSPS) is 23.9. The lowest BCUT2D eigenvalue weighted by Crippen LogP contribution is -2.43. The van der Waals surface area contributed by atoms with Crippen LogP contribution < -0.4 is 10.1 Å². The van der Waals surface area contributed by atoms with E-state index >= 15 is 0 Å². The highest BCUT2D eigenvalue weighted by molar-refractivity contribution is 5.29. The summed E-state index contributed by atoms with van der Waals surface area (Å²) in [5.74, 6) is 3.24. The molecule has 0 saturated heterocycles. The number of benzene rings is 1. The van der Waals surface area contributed by atoms with Gasteiger partial charge >= 0.3 is 0 Å². The van der Waals surface area contributed by atoms with Gasteiger partial charge in [-0.3, -0.25) is 0 Å². The molecule has 20 heavy (non-hydrogen) atoms. The molecule has 3 heteroatoms. The minimum absolute atomic E-state index is 0.205. The fraction of sp³-hybridized carbons (Fsp3) is 0.529. The average Bonchev–Trinajstić information content (AvgIpc) is 2.48. The zero-order valence-electron chi connectivity index (χ0n) is 12.0. The second-order valence-electron chi connectivity index (χ2n) is 5.41. The fourth-order valence-electron chi connectivity index (χ4n) is 2.70. The number of nitrogens with one attached hydrogen (secondary N) is 1. The Morgan fingerprint density at radius 2 is 2.05 bits per heavy atom. The maximum Gasteiger partial charge on any atom is 0.148 e. The van der Waals surface area contributed by atoms with Crippen molar-refractivity contribution in [1.29, 1.82) is 0 Å². The molecule has 0 heterocycles. The molecule has 0 radical (unpaired) electrons. The van der Waals surface area contributed by atoms with E-state index < -0.39 is 0 Å². The molecule has 2 N–H and O–H groups in total. The largest absolute Gasteiger partial charge is 0.481 e. The molecule has 0 aliphatic heterocycles. The van der Waals surface area contributed by atoms with Crippen LogP contribution in [-0.4, -0.2) is 23.9 Å². The summed E-state index contributed by atoms with van der Waals surface area (Å²) in [5, 5.41) is 13.5. The summed E-state index contributed by atoms with van der Waals surface area (Å²) in [4.78, 5) is 0. The monoisotopic (exact) mass is 273 g/mol. The summed E-state index contributed by atoms with van der Waals surface area (Å²) in [6.07, 6.45) is 9.23. The van der Waals surface area contributed by atoms with Crippen molar-refractivity contribution in [3.05, 3.63) is 29.8 Å². The van der Waals surface area contributed by atoms with E-state index in [1.54, 1.807) is 0 Å². The SMILES string of the molecule is C#CCOc1ccc(C(C)NC2CCCCC2O)cc1. The molecule has 2 rings (SSSR count). The molecule has 3 unspecified atom stereocenters. The Morgan fingerprint density at radius 1 is 1.35 bits per heavy atom. The first kappa shape index (κ1) is 14.9. The Morgan fingerprint density at radius 3 is 2.70 bits per heavy atom. The van der Waals surface area contributed by atoms with Crippen LogP contribution in [0, 0.1) is 12.3 Å². The van der Waals surface area contributed by atoms with Crippen LogP contribution in [0.15, 0.2) is 24.3 Å². The number of hydrogen-bond donors (Lipinski definition) is 2. The minimum atomic E-state index is -0.218. The zero-order chi connectivity index (χ0) is 14.4. The van der Waals surface area contributed by atoms with Gasteiger partial charge in [-0.25, -0.2) is 0 Å². The van der Waals surface area contributed by atoms with E-state index in [1.807, 2.05) is 24.3 Å². The molecular weight excluding hydrogens is 250 g/mol. The van der Waals surface area contributed by atoms with Crippen LogP contribution in [0.4, 0.5) is 0 Å². The first-order chi connectivity index (χ1) is 9.70. The zero-order valence-corrected chi connectivity index (χ0v) is 12.0. The number of ether oxygens (including phenoxy) is 1. The standard InChI is InChI=1S/C17H23NO2/c1-3-12-20-15-10-8-14(9-11-15)13(2)18-16-6-4-5-7-17(16)19/h1,8-11,13,16-19H,4-7,12H2,2H3. The third kappa shape index (κ3) is 4.00. The van der Waals surface area contributed by atoms with Gasteiger partial charge in [0, 0.05) is 12.1 Å². The molecule has 1 saturated carbocycles. The number of aliphatic hydroxyl groups is 1. The van der Waals surface area contributed by atoms with E-state index in [1.165, 1.54) is 12.0 Å². The van der Waals surface area contributed by atoms with Crippen molar-refractivity contribution in [1.82, 2.24) is 5.32 Å². The first-order valence-corrected chi connectivity index (χ1v) is 7.31. The van der Waals surface area contributed by atoms with E-state index in [0.717, 1.165) is 25.0 Å². The smallest absolute Gasteiger partial charge is 0.148 e. The molecule has 0 bridgehead atoms. The fourth-order valence-corrected chi connectivity index (χ4v) is 2.70. The molecule has 0 amide bonds. The van der Waals surface area contributed by atoms with E-state index in [4.69, 9.17) is 11.2 Å². The van der Waals surface area contributed by atoms with Gasteiger partial charge in [0.2, 0.25) is 0 Å². The number of aliphatic hydroxyl groups excluding tert-OH is 1. The quantitative estimate of drug-likeness (QED) is 0.810. The Kier molecular flexibility index (Phi) is 5.46. The lowest BCUT2D eigenvalue weighted by molar-refractivity contribution is 0.0860. The van der Waals surface area contributed by atoms with Crippen LogP contribution in [0.5, 0.6) is 5.75 Å². The summed E-state index contributed by atoms with van der Waals surface area (Å²) in [7, 11) is 0. The molecule has 1 fully saturated rings. The topological polar surface area (TPSA) is 41.5 Å². The molecule has 1 aromatic carbocycles. The van der Waals surface area contributed by atoms with Crippen LogP contribution in [-0.2, 0) is 0 Å². The number of rotatable bonds is 5. The molecular formula is C17H23NO2. The highest BCUT2D eigenvalue weighted by Crippen LogP contribution is 2.23. The van der Waals surface area contributed by atoms with Crippen LogP contribution in [0.3, 0.4) is 0 Å². The number of hydrogen-bond acceptors (Lipinski definition) is 3. The lowest BCUT2D eigenvalue weighted by Gasteiger charge is -2.31. The Labute approximate surface area is 121 Å². The van der Waals surface area contributed by atoms with Crippen molar-refractivity contribution in [3.8, 4) is 18.1 Å². The molecule has 108 valence electrons. The third-order valence-electron chi connectivity index (χ3n) is 3.90. The van der Waals surface area contributed by atoms with Crippen molar-refractivity contribution in [2.75, 3.05) is 6.61 Å². The minimum Gasteiger partial charge on any atom is -0.481 e. The van der Waals surface area contributed by atoms with Crippen molar-refractivity contribution in [2.24, 2.45) is 0 Å². The van der Waals surface area contributed by atoms with Gasteiger partial charge in [0.25, 0.3) is 0 Å². The second-order valence-corrected chi connectivity index (χ2v) is 5.41. The van der Waals surface area contributed by atoms with Gasteiger partial charge in [0.1, 0.15) is 12.4 Å². The van der Waals surface area contributed by atoms with E-state index in [2.05, 4.69) is 18.2 Å². The molecule has 0 spiro atoms. The summed E-state index contributed by atoms with van der Waals surface area (Å²) in [5.41, 5.74) is 1.19. The molecule has 1 aromatic rings. The Hall–Kier alpha value is -1.50. The molecule has 1 aliphatic rings. The maximum atomic E-state index is 10.0. The Balaban J connectivity index is 1.91. The lowest BCUT2D eigenvalue weighted by atomic mass is 9.91. The van der Waals surface area contributed by atoms with E-state index in [0.29, 0.717) is 6.61 Å². The summed E-state index contributed by atoms with van der Waals surface area (Å²) in [6, 6.07) is 8.37. The van der Waals surface area contributed by atoms with Crippen LogP contribution in [0.2, 0.25) is 0 Å². The van der Waals surface area contributed by atoms with Crippen LogP contribution >= 0.6 is 0 Å². The van der Waals surface area contributed by atoms with Crippen molar-refractivity contribution in [3.63, 3.8) is 0 Å². The van der Waals surface area contributed by atoms with Crippen LogP contribution in [0.1, 0.15) is 44.2 Å². The molecule has 1 aliphatic carbocycles. The Bertz CT molecular complexity index is 449. The van der Waals surface area contributed by atoms with Gasteiger partial charge in [0.15, 0.2) is 0 Å². The molecule has 0 aromatic heterocycles. The van der Waals surface area contributed by atoms with Gasteiger partial charge in [0.05, 0.1) is 6.10 Å². The van der Waals surface area contributed by atoms with Gasteiger partial charge in [-0.05, 0) is 37.5 Å². The van der Waals surface area contributed by atoms with Crippen molar-refractivity contribution < 1.29 is 9.84 Å². The highest BCUT2D eigenvalue weighted by Gasteiger charge is 2.24. The van der Waals surface area contributed by atoms with Crippen molar-refractivity contribution >= 4 is 0 Å².